The Kier molecular flexibility index (Phi) is 5.96. The minimum absolute atomic E-state index is 0.255. The largest absolute Gasteiger partial charge is 0.386 e. The van der Waals surface area contributed by atoms with Crippen LogP contribution in [-0.4, -0.2) is 24.6 Å². The van der Waals surface area contributed by atoms with Crippen molar-refractivity contribution < 1.29 is 4.39 Å². The van der Waals surface area contributed by atoms with E-state index in [9.17, 15) is 4.39 Å². The Morgan fingerprint density at radius 1 is 1.37 bits per heavy atom. The van der Waals surface area contributed by atoms with Crippen LogP contribution in [0.5, 0.6) is 0 Å². The lowest BCUT2D eigenvalue weighted by atomic mass is 9.99. The van der Waals surface area contributed by atoms with Crippen LogP contribution in [-0.2, 0) is 6.54 Å². The summed E-state index contributed by atoms with van der Waals surface area (Å²) >= 11 is 0. The van der Waals surface area contributed by atoms with Crippen molar-refractivity contribution in [1.29, 1.82) is 0 Å². The number of benzene rings is 1. The molecule has 1 aromatic carbocycles. The molecular formula is C21H28FN5. The fourth-order valence-electron chi connectivity index (χ4n) is 3.42. The van der Waals surface area contributed by atoms with Crippen molar-refractivity contribution in [2.24, 2.45) is 5.73 Å². The van der Waals surface area contributed by atoms with Gasteiger partial charge in [0.25, 0.3) is 0 Å². The Morgan fingerprint density at radius 3 is 2.89 bits per heavy atom. The Balaban J connectivity index is 2.08. The van der Waals surface area contributed by atoms with Crippen LogP contribution in [0, 0.1) is 12.7 Å². The highest BCUT2D eigenvalue weighted by atomic mass is 19.1. The number of hydrogen-bond acceptors (Lipinski definition) is 5. The molecule has 1 aromatic heterocycles. The molecule has 2 heterocycles. The third kappa shape index (κ3) is 4.22. The molecule has 5 N–H and O–H groups in total. The number of aryl methyl sites for hydroxylation is 1. The standard InChI is InChI=1S/C21H28FN5/c1-4-14(8-9-24-3)26-17-11-18(21-13(2)6-5-7-16(21)22)27-19-12-25-20(23)10-15(17)19/h5-7,10-11,14,24-25H,4,8-9,12,23H2,1-3H3,(H,26,27). The summed E-state index contributed by atoms with van der Waals surface area (Å²) in [5.41, 5.74) is 10.8. The summed E-state index contributed by atoms with van der Waals surface area (Å²) in [5, 5.41) is 9.95. The van der Waals surface area contributed by atoms with Crippen molar-refractivity contribution in [3.8, 4) is 11.3 Å². The molecule has 0 radical (unpaired) electrons. The lowest BCUT2D eigenvalue weighted by Crippen LogP contribution is -2.27. The fraction of sp³-hybridized carbons (Fsp3) is 0.381. The summed E-state index contributed by atoms with van der Waals surface area (Å²) in [6.45, 7) is 5.53. The molecule has 1 aliphatic heterocycles. The molecule has 6 heteroatoms. The number of pyridine rings is 1. The molecule has 0 saturated heterocycles. The molecule has 0 aliphatic carbocycles. The van der Waals surface area contributed by atoms with Gasteiger partial charge in [-0.25, -0.2) is 4.39 Å². The summed E-state index contributed by atoms with van der Waals surface area (Å²) in [5.74, 6) is 0.361. The summed E-state index contributed by atoms with van der Waals surface area (Å²) in [7, 11) is 1.95. The normalized spacial score (nSPS) is 14.1. The quantitative estimate of drug-likeness (QED) is 0.602. The third-order valence-electron chi connectivity index (χ3n) is 4.97. The fourth-order valence-corrected chi connectivity index (χ4v) is 3.42. The lowest BCUT2D eigenvalue weighted by molar-refractivity contribution is 0.604. The zero-order valence-corrected chi connectivity index (χ0v) is 16.2. The van der Waals surface area contributed by atoms with E-state index in [1.807, 2.05) is 32.2 Å². The van der Waals surface area contributed by atoms with Gasteiger partial charge in [-0.1, -0.05) is 19.1 Å². The van der Waals surface area contributed by atoms with Gasteiger partial charge in [-0.2, -0.15) is 0 Å². The van der Waals surface area contributed by atoms with Crippen LogP contribution in [0.2, 0.25) is 0 Å². The molecule has 0 saturated carbocycles. The molecule has 27 heavy (non-hydrogen) atoms. The molecule has 1 unspecified atom stereocenters. The number of rotatable bonds is 7. The molecular weight excluding hydrogens is 341 g/mol. The molecule has 3 rings (SSSR count). The van der Waals surface area contributed by atoms with Gasteiger partial charge in [-0.15, -0.1) is 0 Å². The maximum atomic E-state index is 14.5. The maximum absolute atomic E-state index is 14.5. The average molecular weight is 369 g/mol. The molecule has 1 aliphatic rings. The van der Waals surface area contributed by atoms with Crippen molar-refractivity contribution in [2.45, 2.75) is 39.3 Å². The van der Waals surface area contributed by atoms with Gasteiger partial charge in [0.1, 0.15) is 5.82 Å². The summed E-state index contributed by atoms with van der Waals surface area (Å²) < 4.78 is 14.5. The molecule has 0 fully saturated rings. The van der Waals surface area contributed by atoms with Crippen molar-refractivity contribution in [3.63, 3.8) is 0 Å². The number of nitrogens with two attached hydrogens (primary N) is 1. The summed E-state index contributed by atoms with van der Waals surface area (Å²) in [6, 6.07) is 7.37. The first-order valence-electron chi connectivity index (χ1n) is 9.45. The van der Waals surface area contributed by atoms with Gasteiger partial charge in [0.05, 0.1) is 23.8 Å². The first kappa shape index (κ1) is 19.2. The smallest absolute Gasteiger partial charge is 0.132 e. The second-order valence-electron chi connectivity index (χ2n) is 6.94. The zero-order valence-electron chi connectivity index (χ0n) is 16.2. The summed E-state index contributed by atoms with van der Waals surface area (Å²) in [6.07, 6.45) is 3.89. The monoisotopic (exact) mass is 369 g/mol. The van der Waals surface area contributed by atoms with Gasteiger partial charge in [-0.05, 0) is 57.1 Å². The van der Waals surface area contributed by atoms with Crippen LogP contribution in [0.3, 0.4) is 0 Å². The van der Waals surface area contributed by atoms with E-state index in [4.69, 9.17) is 10.7 Å². The first-order valence-corrected chi connectivity index (χ1v) is 9.45. The van der Waals surface area contributed by atoms with E-state index in [1.165, 1.54) is 6.07 Å². The van der Waals surface area contributed by atoms with Crippen LogP contribution in [0.15, 0.2) is 30.1 Å². The van der Waals surface area contributed by atoms with Crippen molar-refractivity contribution >= 4 is 11.8 Å². The number of nitrogens with one attached hydrogen (secondary N) is 3. The number of hydrogen-bond donors (Lipinski definition) is 4. The number of nitrogens with zero attached hydrogens (tertiary/aromatic N) is 1. The Bertz CT molecular complexity index is 826. The third-order valence-corrected chi connectivity index (χ3v) is 4.97. The predicted molar refractivity (Wildman–Crippen MR) is 110 cm³/mol. The second-order valence-corrected chi connectivity index (χ2v) is 6.94. The van der Waals surface area contributed by atoms with E-state index < -0.39 is 0 Å². The van der Waals surface area contributed by atoms with Crippen LogP contribution >= 0.6 is 0 Å². The number of anilines is 1. The van der Waals surface area contributed by atoms with Gasteiger partial charge >= 0.3 is 0 Å². The molecule has 144 valence electrons. The highest BCUT2D eigenvalue weighted by Gasteiger charge is 2.20. The van der Waals surface area contributed by atoms with Crippen LogP contribution in [0.1, 0.15) is 36.6 Å². The first-order chi connectivity index (χ1) is 13.0. The van der Waals surface area contributed by atoms with Crippen molar-refractivity contribution in [2.75, 3.05) is 18.9 Å². The van der Waals surface area contributed by atoms with E-state index in [0.29, 0.717) is 29.7 Å². The van der Waals surface area contributed by atoms with E-state index in [-0.39, 0.29) is 5.82 Å². The van der Waals surface area contributed by atoms with Gasteiger partial charge in [0.15, 0.2) is 0 Å². The second kappa shape index (κ2) is 8.39. The number of halogens is 1. The Morgan fingerprint density at radius 2 is 2.19 bits per heavy atom. The van der Waals surface area contributed by atoms with Crippen LogP contribution < -0.4 is 21.7 Å². The van der Waals surface area contributed by atoms with Gasteiger partial charge in [0.2, 0.25) is 0 Å². The molecule has 0 amide bonds. The minimum atomic E-state index is -0.255. The topological polar surface area (TPSA) is 75.0 Å². The Hall–Kier alpha value is -2.60. The van der Waals surface area contributed by atoms with Gasteiger partial charge < -0.3 is 21.7 Å². The molecule has 5 nitrogen and oxygen atoms in total. The van der Waals surface area contributed by atoms with E-state index >= 15 is 0 Å². The summed E-state index contributed by atoms with van der Waals surface area (Å²) in [4.78, 5) is 4.74. The molecule has 0 bridgehead atoms. The molecule has 0 spiro atoms. The SMILES string of the molecule is CCC(CCNC)Nc1cc(-c2c(C)cccc2F)nc2c1C=C(N)NC2. The molecule has 1 atom stereocenters. The average Bonchev–Trinajstić information content (AvgIpc) is 2.65. The van der Waals surface area contributed by atoms with E-state index in [2.05, 4.69) is 22.9 Å². The van der Waals surface area contributed by atoms with E-state index in [1.54, 1.807) is 6.07 Å². The predicted octanol–water partition coefficient (Wildman–Crippen LogP) is 3.36. The van der Waals surface area contributed by atoms with Gasteiger partial charge in [0, 0.05) is 22.9 Å². The van der Waals surface area contributed by atoms with E-state index in [0.717, 1.165) is 41.9 Å². The maximum Gasteiger partial charge on any atom is 0.132 e. The number of fused-ring (bicyclic) bond motifs is 1. The Labute approximate surface area is 160 Å². The van der Waals surface area contributed by atoms with Crippen LogP contribution in [0.4, 0.5) is 10.1 Å². The van der Waals surface area contributed by atoms with Crippen molar-refractivity contribution in [3.05, 3.63) is 52.7 Å². The lowest BCUT2D eigenvalue weighted by Gasteiger charge is -2.24. The minimum Gasteiger partial charge on any atom is -0.386 e. The van der Waals surface area contributed by atoms with Gasteiger partial charge in [-0.3, -0.25) is 4.98 Å². The molecule has 2 aromatic rings. The van der Waals surface area contributed by atoms with Crippen LogP contribution in [0.25, 0.3) is 17.3 Å². The highest BCUT2D eigenvalue weighted by Crippen LogP contribution is 2.32. The zero-order chi connectivity index (χ0) is 19.4. The number of aromatic nitrogens is 1. The van der Waals surface area contributed by atoms with Crippen molar-refractivity contribution in [1.82, 2.24) is 15.6 Å². The highest BCUT2D eigenvalue weighted by molar-refractivity contribution is 5.77.